The number of carbonyl (C=O) groups excluding carboxylic acids is 1. The molecule has 1 fully saturated rings. The summed E-state index contributed by atoms with van der Waals surface area (Å²) in [6.45, 7) is 12.3. The van der Waals surface area contributed by atoms with Crippen molar-refractivity contribution in [2.45, 2.75) is 65.5 Å². The molecule has 1 rings (SSSR count). The van der Waals surface area contributed by atoms with Crippen molar-refractivity contribution in [2.24, 2.45) is 11.8 Å². The van der Waals surface area contributed by atoms with E-state index in [-0.39, 0.29) is 12.0 Å². The number of ether oxygens (including phenoxy) is 1. The third kappa shape index (κ3) is 5.59. The van der Waals surface area contributed by atoms with Crippen LogP contribution in [0.15, 0.2) is 0 Å². The topological polar surface area (TPSA) is 41.6 Å². The van der Waals surface area contributed by atoms with Crippen molar-refractivity contribution in [3.05, 3.63) is 0 Å². The lowest BCUT2D eigenvalue weighted by Crippen LogP contribution is -2.52. The molecule has 4 nitrogen and oxygen atoms in total. The normalized spacial score (nSPS) is 24.3. The highest BCUT2D eigenvalue weighted by Gasteiger charge is 2.30. The summed E-state index contributed by atoms with van der Waals surface area (Å²) in [4.78, 5) is 14.6. The van der Waals surface area contributed by atoms with Gasteiger partial charge in [0.2, 0.25) is 0 Å². The van der Waals surface area contributed by atoms with E-state index in [2.05, 4.69) is 37.9 Å². The summed E-state index contributed by atoms with van der Waals surface area (Å²) >= 11 is 0. The first-order chi connectivity index (χ1) is 10.0. The predicted molar refractivity (Wildman–Crippen MR) is 87.3 cm³/mol. The highest BCUT2D eigenvalue weighted by atomic mass is 16.5. The summed E-state index contributed by atoms with van der Waals surface area (Å²) in [5.41, 5.74) is 0. The van der Waals surface area contributed by atoms with Gasteiger partial charge in [-0.1, -0.05) is 27.2 Å². The van der Waals surface area contributed by atoms with Crippen molar-refractivity contribution in [1.29, 1.82) is 0 Å². The van der Waals surface area contributed by atoms with Crippen LogP contribution in [0.25, 0.3) is 0 Å². The first kappa shape index (κ1) is 18.4. The molecule has 124 valence electrons. The van der Waals surface area contributed by atoms with E-state index < -0.39 is 0 Å². The first-order valence-electron chi connectivity index (χ1n) is 8.59. The molecule has 0 radical (unpaired) electrons. The van der Waals surface area contributed by atoms with Crippen LogP contribution in [-0.2, 0) is 9.53 Å². The van der Waals surface area contributed by atoms with E-state index >= 15 is 0 Å². The number of esters is 1. The van der Waals surface area contributed by atoms with Crippen LogP contribution in [-0.4, -0.2) is 49.7 Å². The van der Waals surface area contributed by atoms with Crippen molar-refractivity contribution < 1.29 is 9.53 Å². The second kappa shape index (κ2) is 9.42. The zero-order valence-electron chi connectivity index (χ0n) is 14.5. The molecule has 1 aliphatic heterocycles. The molecule has 0 aromatic rings. The van der Waals surface area contributed by atoms with Crippen LogP contribution in [0.5, 0.6) is 0 Å². The minimum absolute atomic E-state index is 0.127. The smallest absolute Gasteiger partial charge is 0.323 e. The molecule has 0 amide bonds. The highest BCUT2D eigenvalue weighted by molar-refractivity contribution is 5.76. The van der Waals surface area contributed by atoms with E-state index in [4.69, 9.17) is 4.74 Å². The molecule has 0 aromatic heterocycles. The van der Waals surface area contributed by atoms with Gasteiger partial charge in [-0.15, -0.1) is 0 Å². The maximum absolute atomic E-state index is 12.0. The zero-order chi connectivity index (χ0) is 15.8. The number of likely N-dealkylation sites (tertiary alicyclic amines) is 1. The molecular formula is C17H34N2O2. The van der Waals surface area contributed by atoms with E-state index in [1.165, 1.54) is 39.5 Å². The molecule has 1 N–H and O–H groups in total. The largest absolute Gasteiger partial charge is 0.468 e. The molecule has 0 aliphatic carbocycles. The van der Waals surface area contributed by atoms with Gasteiger partial charge in [0.05, 0.1) is 7.11 Å². The van der Waals surface area contributed by atoms with E-state index in [9.17, 15) is 4.79 Å². The average Bonchev–Trinajstić information content (AvgIpc) is 2.51. The summed E-state index contributed by atoms with van der Waals surface area (Å²) in [5, 5.41) is 3.55. The second-order valence-corrected chi connectivity index (χ2v) is 6.54. The van der Waals surface area contributed by atoms with Crippen LogP contribution in [0.4, 0.5) is 0 Å². The number of nitrogens with one attached hydrogen (secondary N) is 1. The Morgan fingerprint density at radius 3 is 2.67 bits per heavy atom. The van der Waals surface area contributed by atoms with Crippen molar-refractivity contribution in [3.8, 4) is 0 Å². The third-order valence-corrected chi connectivity index (χ3v) is 4.90. The van der Waals surface area contributed by atoms with Gasteiger partial charge in [0.25, 0.3) is 0 Å². The summed E-state index contributed by atoms with van der Waals surface area (Å²) in [5.74, 6) is 0.800. The Bertz CT molecular complexity index is 307. The van der Waals surface area contributed by atoms with E-state index in [1.54, 1.807) is 0 Å². The number of piperidine rings is 1. The molecular weight excluding hydrogens is 264 g/mol. The van der Waals surface area contributed by atoms with Gasteiger partial charge in [-0.25, -0.2) is 0 Å². The number of nitrogens with zero attached hydrogens (tertiary/aromatic N) is 1. The monoisotopic (exact) mass is 298 g/mol. The number of carbonyl (C=O) groups is 1. The van der Waals surface area contributed by atoms with Crippen LogP contribution in [0.3, 0.4) is 0 Å². The molecule has 0 aromatic carbocycles. The average molecular weight is 298 g/mol. The van der Waals surface area contributed by atoms with Gasteiger partial charge in [0.15, 0.2) is 0 Å². The van der Waals surface area contributed by atoms with Crippen molar-refractivity contribution in [1.82, 2.24) is 10.2 Å². The van der Waals surface area contributed by atoms with Gasteiger partial charge >= 0.3 is 5.97 Å². The number of hydrogen-bond acceptors (Lipinski definition) is 4. The molecule has 4 atom stereocenters. The molecule has 1 heterocycles. The molecule has 1 saturated heterocycles. The van der Waals surface area contributed by atoms with E-state index in [0.717, 1.165) is 13.0 Å². The number of rotatable bonds is 8. The fraction of sp³-hybridized carbons (Fsp3) is 0.941. The van der Waals surface area contributed by atoms with Crippen LogP contribution in [0.1, 0.15) is 53.4 Å². The quantitative estimate of drug-likeness (QED) is 0.700. The third-order valence-electron chi connectivity index (χ3n) is 4.90. The summed E-state index contributed by atoms with van der Waals surface area (Å²) < 4.78 is 4.97. The van der Waals surface area contributed by atoms with Gasteiger partial charge in [-0.05, 0) is 51.1 Å². The minimum Gasteiger partial charge on any atom is -0.468 e. The molecule has 0 saturated carbocycles. The summed E-state index contributed by atoms with van der Waals surface area (Å²) in [6, 6.07) is 0.166. The predicted octanol–water partition coefficient (Wildman–Crippen LogP) is 2.67. The zero-order valence-corrected chi connectivity index (χ0v) is 14.5. The van der Waals surface area contributed by atoms with Gasteiger partial charge in [0.1, 0.15) is 6.04 Å². The van der Waals surface area contributed by atoms with Crippen molar-refractivity contribution in [3.63, 3.8) is 0 Å². The lowest BCUT2D eigenvalue weighted by atomic mass is 9.89. The standard InChI is InChI=1S/C17H34N2O2/c1-6-10-19-11-8-9-15(12-19)14(4)18-16(13(3)7-2)17(20)21-5/h13-16,18H,6-12H2,1-5H3. The van der Waals surface area contributed by atoms with Gasteiger partial charge in [-0.3, -0.25) is 4.79 Å². The lowest BCUT2D eigenvalue weighted by Gasteiger charge is -2.37. The first-order valence-corrected chi connectivity index (χ1v) is 8.59. The SMILES string of the molecule is CCCN1CCCC(C(C)NC(C(=O)OC)C(C)CC)C1. The maximum Gasteiger partial charge on any atom is 0.323 e. The van der Waals surface area contributed by atoms with Crippen molar-refractivity contribution in [2.75, 3.05) is 26.7 Å². The Kier molecular flexibility index (Phi) is 8.27. The number of methoxy groups -OCH3 is 1. The summed E-state index contributed by atoms with van der Waals surface area (Å²) in [7, 11) is 1.48. The van der Waals surface area contributed by atoms with Crippen LogP contribution in [0, 0.1) is 11.8 Å². The van der Waals surface area contributed by atoms with Crippen molar-refractivity contribution >= 4 is 5.97 Å². The van der Waals surface area contributed by atoms with Gasteiger partial charge in [-0.2, -0.15) is 0 Å². The molecule has 21 heavy (non-hydrogen) atoms. The molecule has 4 heteroatoms. The van der Waals surface area contributed by atoms with Gasteiger partial charge < -0.3 is 15.0 Å². The van der Waals surface area contributed by atoms with E-state index in [1.807, 2.05) is 0 Å². The molecule has 1 aliphatic rings. The molecule has 4 unspecified atom stereocenters. The molecule has 0 spiro atoms. The Hall–Kier alpha value is -0.610. The molecule has 0 bridgehead atoms. The maximum atomic E-state index is 12.0. The van der Waals surface area contributed by atoms with Crippen LogP contribution < -0.4 is 5.32 Å². The highest BCUT2D eigenvalue weighted by Crippen LogP contribution is 2.21. The Morgan fingerprint density at radius 1 is 1.38 bits per heavy atom. The van der Waals surface area contributed by atoms with Crippen LogP contribution >= 0.6 is 0 Å². The second-order valence-electron chi connectivity index (χ2n) is 6.54. The lowest BCUT2D eigenvalue weighted by molar-refractivity contribution is -0.145. The fourth-order valence-corrected chi connectivity index (χ4v) is 3.27. The summed E-state index contributed by atoms with van der Waals surface area (Å²) in [6.07, 6.45) is 4.71. The minimum atomic E-state index is -0.184. The van der Waals surface area contributed by atoms with Crippen LogP contribution in [0.2, 0.25) is 0 Å². The fourth-order valence-electron chi connectivity index (χ4n) is 3.27. The Balaban J connectivity index is 2.59. The number of hydrogen-bond donors (Lipinski definition) is 1. The van der Waals surface area contributed by atoms with E-state index in [0.29, 0.717) is 17.9 Å². The Labute approximate surface area is 130 Å². The van der Waals surface area contributed by atoms with Gasteiger partial charge in [0, 0.05) is 12.6 Å². The Morgan fingerprint density at radius 2 is 2.10 bits per heavy atom.